The molecule has 9 aliphatic heterocycles. The van der Waals surface area contributed by atoms with Gasteiger partial charge in [0.2, 0.25) is 0 Å². The van der Waals surface area contributed by atoms with Gasteiger partial charge in [0, 0.05) is 175 Å². The highest BCUT2D eigenvalue weighted by Gasteiger charge is 2.41. The van der Waals surface area contributed by atoms with Crippen molar-refractivity contribution in [2.75, 3.05) is 217 Å². The average Bonchev–Trinajstić information content (AvgIpc) is 2.66. The molecule has 6 atom stereocenters. The van der Waals surface area contributed by atoms with Gasteiger partial charge >= 0.3 is 53.7 Å². The maximum atomic E-state index is 12.5. The van der Waals surface area contributed by atoms with Crippen LogP contribution in [0.2, 0.25) is 0 Å². The van der Waals surface area contributed by atoms with Crippen LogP contribution in [0.5, 0.6) is 0 Å². The van der Waals surface area contributed by atoms with Crippen molar-refractivity contribution >= 4 is 53.7 Å². The topological polar surface area (TPSA) is 284 Å². The Morgan fingerprint density at radius 2 is 0.522 bits per heavy atom. The number of rotatable bonds is 47. The Balaban J connectivity index is 0.000000196. The predicted octanol–water partition coefficient (Wildman–Crippen LogP) is -0.111. The first-order valence-corrected chi connectivity index (χ1v) is 33.8. The molecule has 9 aliphatic rings. The largest absolute Gasteiger partial charge is 0.465 e. The minimum Gasteiger partial charge on any atom is -0.465 e. The number of aliphatic hydroxyl groups is 1. The van der Waals surface area contributed by atoms with Crippen molar-refractivity contribution in [3.63, 3.8) is 0 Å². The van der Waals surface area contributed by atoms with Gasteiger partial charge in [-0.3, -0.25) is 57.9 Å². The second kappa shape index (κ2) is 37.2. The van der Waals surface area contributed by atoms with E-state index in [0.717, 1.165) is 98.2 Å². The van der Waals surface area contributed by atoms with Crippen molar-refractivity contribution < 1.29 is 90.9 Å². The van der Waals surface area contributed by atoms with E-state index in [9.17, 15) is 48.3 Å². The standard InChI is InChI=1S/C23H39N3O6.C21H35N3O6.C20H33N3O7/c1-5-23(32-22(29)8-11-26-14-19(26)4,15-30-20(27)6-9-24-12-17(24)2)16-31-21(28)7-10-25-13-18(25)3;1-2-21(15-28-18(25)3-6-22-9-10-22,16-29-19(26)4-7-23-11-12-23)17-30-20(27)5-8-24-13-14-24;24-13-20(14-28-17(25)1-4-21-7-8-21,15-29-18(26)2-5-22-9-10-22)16-30-19(27)3-6-23-11-12-23/h17-19H,5-16H2,1-4H3;2-17H2,1H3;24H,1-16H2. The number of hydrogen-bond donors (Lipinski definition) is 1. The fourth-order valence-corrected chi connectivity index (χ4v) is 9.54. The molecule has 0 aliphatic carbocycles. The van der Waals surface area contributed by atoms with E-state index >= 15 is 0 Å². The molecule has 0 aromatic rings. The molecule has 28 nitrogen and oxygen atoms in total. The smallest absolute Gasteiger partial charge is 0.307 e. The van der Waals surface area contributed by atoms with Crippen LogP contribution in [-0.2, 0) is 85.8 Å². The van der Waals surface area contributed by atoms with E-state index in [0.29, 0.717) is 122 Å². The van der Waals surface area contributed by atoms with Crippen molar-refractivity contribution in [3.8, 4) is 0 Å². The van der Waals surface area contributed by atoms with Crippen LogP contribution in [0.1, 0.15) is 105 Å². The lowest BCUT2D eigenvalue weighted by Crippen LogP contribution is -2.45. The summed E-state index contributed by atoms with van der Waals surface area (Å²) in [6, 6.07) is 1.56. The highest BCUT2D eigenvalue weighted by Crippen LogP contribution is 2.27. The third-order valence-electron chi connectivity index (χ3n) is 18.1. The fourth-order valence-electron chi connectivity index (χ4n) is 9.54. The third-order valence-corrected chi connectivity index (χ3v) is 18.1. The molecule has 9 fully saturated rings. The van der Waals surface area contributed by atoms with Crippen LogP contribution in [-0.4, -0.2) is 343 Å². The highest BCUT2D eigenvalue weighted by molar-refractivity contribution is 5.73. The van der Waals surface area contributed by atoms with Gasteiger partial charge in [0.05, 0.1) is 75.2 Å². The van der Waals surface area contributed by atoms with E-state index in [4.69, 9.17) is 42.6 Å². The normalized spacial score (nSPS) is 23.3. The molecule has 6 unspecified atom stereocenters. The van der Waals surface area contributed by atoms with Crippen molar-refractivity contribution in [2.45, 2.75) is 129 Å². The number of carbonyl (C=O) groups excluding carboxylic acids is 9. The van der Waals surface area contributed by atoms with E-state index in [1.165, 1.54) is 0 Å². The molecule has 92 heavy (non-hydrogen) atoms. The molecule has 0 aromatic carbocycles. The molecule has 28 heteroatoms. The molecule has 0 radical (unpaired) electrons. The molecule has 0 aromatic heterocycles. The van der Waals surface area contributed by atoms with Gasteiger partial charge in [-0.05, 0) is 33.6 Å². The van der Waals surface area contributed by atoms with Gasteiger partial charge in [-0.2, -0.15) is 0 Å². The Labute approximate surface area is 543 Å². The second-order valence-electron chi connectivity index (χ2n) is 26.6. The fraction of sp³-hybridized carbons (Fsp3) is 0.859. The summed E-state index contributed by atoms with van der Waals surface area (Å²) in [6.07, 6.45) is 3.56. The minimum absolute atomic E-state index is 0.0706. The average molecular weight is 1310 g/mol. The van der Waals surface area contributed by atoms with Gasteiger partial charge in [-0.15, -0.1) is 0 Å². The lowest BCUT2D eigenvalue weighted by molar-refractivity contribution is -0.185. The molecule has 0 bridgehead atoms. The molecule has 9 rings (SSSR count). The summed E-state index contributed by atoms with van der Waals surface area (Å²) >= 11 is 0. The van der Waals surface area contributed by atoms with Gasteiger partial charge in [-0.25, -0.2) is 0 Å². The maximum Gasteiger partial charge on any atom is 0.307 e. The number of nitrogens with zero attached hydrogens (tertiary/aromatic N) is 9. The van der Waals surface area contributed by atoms with Crippen LogP contribution in [0.15, 0.2) is 0 Å². The van der Waals surface area contributed by atoms with Gasteiger partial charge in [-0.1, -0.05) is 13.8 Å². The Morgan fingerprint density at radius 3 is 0.717 bits per heavy atom. The molecule has 9 heterocycles. The van der Waals surface area contributed by atoms with Crippen molar-refractivity contribution in [1.29, 1.82) is 0 Å². The van der Waals surface area contributed by atoms with Crippen LogP contribution in [0.3, 0.4) is 0 Å². The Kier molecular flexibility index (Phi) is 30.0. The van der Waals surface area contributed by atoms with Crippen LogP contribution < -0.4 is 0 Å². The first-order chi connectivity index (χ1) is 44.2. The number of esters is 9. The molecule has 0 saturated carbocycles. The highest BCUT2D eigenvalue weighted by atomic mass is 16.6. The summed E-state index contributed by atoms with van der Waals surface area (Å²) in [5.41, 5.74) is -3.05. The van der Waals surface area contributed by atoms with E-state index < -0.39 is 23.0 Å². The monoisotopic (exact) mass is 1310 g/mol. The Bertz CT molecular complexity index is 2100. The Morgan fingerprint density at radius 1 is 0.315 bits per heavy atom. The summed E-state index contributed by atoms with van der Waals surface area (Å²) < 4.78 is 49.2. The SMILES string of the molecule is CCC(COC(=O)CCN1CC1)(COC(=O)CCN1CC1)COC(=O)CCN1CC1.CCC(COC(=O)CCN1CC1C)(COC(=O)CCN1CC1C)OC(=O)CCN1CC1C.O=C(CCN1CC1)OCC(CO)(COC(=O)CCN1CC1)COC(=O)CCN1CC1. The minimum atomic E-state index is -1.17. The molecule has 0 spiro atoms. The van der Waals surface area contributed by atoms with Gasteiger partial charge in [0.25, 0.3) is 0 Å². The molecule has 9 saturated heterocycles. The van der Waals surface area contributed by atoms with Crippen LogP contribution in [0.25, 0.3) is 0 Å². The predicted molar refractivity (Wildman–Crippen MR) is 332 cm³/mol. The van der Waals surface area contributed by atoms with Gasteiger partial charge < -0.3 is 77.1 Å². The van der Waals surface area contributed by atoms with E-state index in [1.54, 1.807) is 0 Å². The van der Waals surface area contributed by atoms with Gasteiger partial charge in [0.15, 0.2) is 5.60 Å². The van der Waals surface area contributed by atoms with E-state index in [-0.39, 0.29) is 132 Å². The second-order valence-corrected chi connectivity index (χ2v) is 26.6. The summed E-state index contributed by atoms with van der Waals surface area (Å²) in [5.74, 6) is -3.04. The van der Waals surface area contributed by atoms with Crippen molar-refractivity contribution in [1.82, 2.24) is 44.1 Å². The summed E-state index contributed by atoms with van der Waals surface area (Å²) in [4.78, 5) is 129. The first-order valence-electron chi connectivity index (χ1n) is 33.8. The summed E-state index contributed by atoms with van der Waals surface area (Å²) in [7, 11) is 0. The summed E-state index contributed by atoms with van der Waals surface area (Å²) in [6.45, 7) is 30.3. The Hall–Kier alpha value is -5.17. The van der Waals surface area contributed by atoms with E-state index in [2.05, 4.69) is 64.9 Å². The van der Waals surface area contributed by atoms with Crippen LogP contribution >= 0.6 is 0 Å². The zero-order chi connectivity index (χ0) is 66.1. The third kappa shape index (κ3) is 31.4. The van der Waals surface area contributed by atoms with Crippen molar-refractivity contribution in [3.05, 3.63) is 0 Å². The zero-order valence-electron chi connectivity index (χ0n) is 55.7. The number of carbonyl (C=O) groups is 9. The quantitative estimate of drug-likeness (QED) is 0.0473. The number of ether oxygens (including phenoxy) is 9. The lowest BCUT2D eigenvalue weighted by Gasteiger charge is -2.31. The van der Waals surface area contributed by atoms with Crippen LogP contribution in [0, 0.1) is 10.8 Å². The zero-order valence-corrected chi connectivity index (χ0v) is 55.7. The molecular weight excluding hydrogens is 1200 g/mol. The molecular formula is C64H107N9O19. The van der Waals surface area contributed by atoms with E-state index in [1.807, 2.05) is 13.8 Å². The maximum absolute atomic E-state index is 12.5. The van der Waals surface area contributed by atoms with Gasteiger partial charge in [0.1, 0.15) is 52.9 Å². The summed E-state index contributed by atoms with van der Waals surface area (Å²) in [5, 5.41) is 10.0. The molecule has 1 N–H and O–H groups in total. The lowest BCUT2D eigenvalue weighted by atomic mass is 9.88. The van der Waals surface area contributed by atoms with Crippen molar-refractivity contribution in [2.24, 2.45) is 10.8 Å². The number of hydrogen-bond acceptors (Lipinski definition) is 28. The molecule has 522 valence electrons. The number of aliphatic hydroxyl groups excluding tert-OH is 1. The molecule has 0 amide bonds. The first kappa shape index (κ1) is 74.2. The van der Waals surface area contributed by atoms with Crippen LogP contribution in [0.4, 0.5) is 0 Å².